The molecular weight excluding hydrogens is 613 g/mol. The molecule has 7 nitrogen and oxygen atoms in total. The van der Waals surface area contributed by atoms with E-state index in [0.29, 0.717) is 23.3 Å². The molecule has 1 fully saturated rings. The number of ether oxygens (including phenoxy) is 2. The fourth-order valence-electron chi connectivity index (χ4n) is 4.39. The molecule has 1 aliphatic rings. The van der Waals surface area contributed by atoms with Gasteiger partial charge in [-0.3, -0.25) is 4.79 Å². The van der Waals surface area contributed by atoms with Gasteiger partial charge >= 0.3 is 0 Å². The van der Waals surface area contributed by atoms with Crippen LogP contribution in [0, 0.1) is 36.0 Å². The quantitative estimate of drug-likeness (QED) is 0.0963. The molecule has 1 aliphatic heterocycles. The van der Waals surface area contributed by atoms with Crippen molar-refractivity contribution in [1.29, 1.82) is 0 Å². The summed E-state index contributed by atoms with van der Waals surface area (Å²) in [6.07, 6.45) is -0.707. The zero-order valence-electron chi connectivity index (χ0n) is 22.5. The lowest BCUT2D eigenvalue weighted by atomic mass is 10.0. The first-order valence-corrected chi connectivity index (χ1v) is 14.8. The molecule has 0 radical (unpaired) electrons. The molecule has 1 saturated heterocycles. The van der Waals surface area contributed by atoms with Crippen molar-refractivity contribution in [3.05, 3.63) is 110 Å². The summed E-state index contributed by atoms with van der Waals surface area (Å²) in [5.74, 6) is -12.0. The number of aliphatic hydroxyl groups is 1. The van der Waals surface area contributed by atoms with Gasteiger partial charge in [0.05, 0.1) is 18.8 Å². The highest BCUT2D eigenvalue weighted by molar-refractivity contribution is 8.01. The first-order valence-electron chi connectivity index (χ1n) is 13.0. The Morgan fingerprint density at radius 2 is 1.51 bits per heavy atom. The minimum Gasteiger partial charge on any atom is -0.392 e. The Labute approximate surface area is 251 Å². The van der Waals surface area contributed by atoms with E-state index in [1.54, 1.807) is 24.3 Å². The van der Waals surface area contributed by atoms with Crippen LogP contribution in [0.4, 0.5) is 22.0 Å². The van der Waals surface area contributed by atoms with Crippen molar-refractivity contribution in [2.75, 3.05) is 5.75 Å². The van der Waals surface area contributed by atoms with Gasteiger partial charge in [0, 0.05) is 24.3 Å². The molecule has 226 valence electrons. The Morgan fingerprint density at radius 1 is 0.907 bits per heavy atom. The number of amides is 1. The fraction of sp³-hybridized carbons (Fsp3) is 0.276. The lowest BCUT2D eigenvalue weighted by Gasteiger charge is -2.36. The summed E-state index contributed by atoms with van der Waals surface area (Å²) in [5, 5.41) is 20.6. The number of rotatable bonds is 9. The van der Waals surface area contributed by atoms with Crippen molar-refractivity contribution in [2.24, 2.45) is 0 Å². The third-order valence-corrected chi connectivity index (χ3v) is 8.76. The third-order valence-electron chi connectivity index (χ3n) is 6.66. The largest absolute Gasteiger partial charge is 0.392 e. The number of nitrogens with one attached hydrogen (secondary N) is 1. The van der Waals surface area contributed by atoms with Gasteiger partial charge in [0.2, 0.25) is 5.82 Å². The summed E-state index contributed by atoms with van der Waals surface area (Å²) in [4.78, 5) is 12.3. The molecule has 2 heterocycles. The molecule has 1 aromatic heterocycles. The SMILES string of the molecule is Cc1nnc(SC[C@H]2C[C@@H](c3ccc(CO)cc3)O[C@@H](c3ccc(CNC(=O)c4c(F)c(F)c(F)c(F)c4F)cc3)O2)s1. The standard InChI is InChI=1S/C29H24F5N3O4S2/c1-14-36-37-29(43-14)42-13-19-10-20(17-6-4-16(12-38)5-7-17)41-28(40-19)18-8-2-15(3-9-18)11-35-27(39)21-22(30)24(32)26(34)25(33)23(21)31/h2-9,19-20,28,38H,10-13H2,1H3,(H,35,39)/t19-,20+,28+/m1/s1. The lowest BCUT2D eigenvalue weighted by Crippen LogP contribution is -2.31. The number of nitrogens with zero attached hydrogens (tertiary/aromatic N) is 2. The van der Waals surface area contributed by atoms with E-state index in [4.69, 9.17) is 9.47 Å². The minimum atomic E-state index is -2.34. The van der Waals surface area contributed by atoms with Crippen LogP contribution in [0.3, 0.4) is 0 Å². The maximum absolute atomic E-state index is 14.0. The Morgan fingerprint density at radius 3 is 2.12 bits per heavy atom. The van der Waals surface area contributed by atoms with E-state index in [2.05, 4.69) is 15.5 Å². The number of hydrogen-bond donors (Lipinski definition) is 2. The van der Waals surface area contributed by atoms with E-state index in [0.717, 1.165) is 20.5 Å². The first kappa shape index (κ1) is 31.0. The number of carbonyl (C=O) groups is 1. The van der Waals surface area contributed by atoms with Gasteiger partial charge in [-0.15, -0.1) is 10.2 Å². The maximum atomic E-state index is 14.0. The number of carbonyl (C=O) groups excluding carboxylic acids is 1. The molecule has 3 atom stereocenters. The molecule has 1 amide bonds. The van der Waals surface area contributed by atoms with Crippen LogP contribution in [-0.4, -0.2) is 33.1 Å². The van der Waals surface area contributed by atoms with Gasteiger partial charge < -0.3 is 19.9 Å². The molecule has 0 bridgehead atoms. The smallest absolute Gasteiger partial charge is 0.257 e. The van der Waals surface area contributed by atoms with Crippen LogP contribution < -0.4 is 5.32 Å². The predicted octanol–water partition coefficient (Wildman–Crippen LogP) is 6.30. The van der Waals surface area contributed by atoms with Crippen LogP contribution >= 0.6 is 23.1 Å². The monoisotopic (exact) mass is 637 g/mol. The van der Waals surface area contributed by atoms with E-state index in [9.17, 15) is 31.9 Å². The number of hydrogen-bond acceptors (Lipinski definition) is 8. The van der Waals surface area contributed by atoms with Crippen LogP contribution in [0.5, 0.6) is 0 Å². The van der Waals surface area contributed by atoms with Crippen molar-refractivity contribution in [3.8, 4) is 0 Å². The highest BCUT2D eigenvalue weighted by atomic mass is 32.2. The normalized spacial score (nSPS) is 18.5. The van der Waals surface area contributed by atoms with Crippen LogP contribution in [0.2, 0.25) is 0 Å². The molecule has 4 aromatic rings. The zero-order chi connectivity index (χ0) is 30.7. The summed E-state index contributed by atoms with van der Waals surface area (Å²) in [6, 6.07) is 14.1. The molecule has 2 N–H and O–H groups in total. The highest BCUT2D eigenvalue weighted by Crippen LogP contribution is 2.39. The molecule has 5 rings (SSSR count). The van der Waals surface area contributed by atoms with Gasteiger partial charge in [-0.25, -0.2) is 22.0 Å². The Bertz CT molecular complexity index is 1580. The van der Waals surface area contributed by atoms with Crippen molar-refractivity contribution >= 4 is 29.0 Å². The van der Waals surface area contributed by atoms with Crippen molar-refractivity contribution in [3.63, 3.8) is 0 Å². The number of halogens is 5. The van der Waals surface area contributed by atoms with Crippen LogP contribution in [-0.2, 0) is 22.6 Å². The number of aryl methyl sites for hydroxylation is 1. The molecule has 3 aromatic carbocycles. The number of benzene rings is 3. The highest BCUT2D eigenvalue weighted by Gasteiger charge is 2.33. The van der Waals surface area contributed by atoms with Gasteiger partial charge in [-0.05, 0) is 23.6 Å². The van der Waals surface area contributed by atoms with Gasteiger partial charge in [-0.2, -0.15) is 0 Å². The van der Waals surface area contributed by atoms with Crippen molar-refractivity contribution < 1.29 is 41.3 Å². The summed E-state index contributed by atoms with van der Waals surface area (Å²) in [7, 11) is 0. The molecule has 0 saturated carbocycles. The Balaban J connectivity index is 1.28. The topological polar surface area (TPSA) is 93.6 Å². The van der Waals surface area contributed by atoms with Crippen molar-refractivity contribution in [2.45, 2.75) is 49.3 Å². The van der Waals surface area contributed by atoms with Crippen LogP contribution in [0.25, 0.3) is 0 Å². The number of aliphatic hydroxyl groups excluding tert-OH is 1. The van der Waals surface area contributed by atoms with Crippen molar-refractivity contribution in [1.82, 2.24) is 15.5 Å². The summed E-state index contributed by atoms with van der Waals surface area (Å²) < 4.78 is 81.7. The maximum Gasteiger partial charge on any atom is 0.257 e. The molecule has 0 unspecified atom stereocenters. The Hall–Kier alpha value is -3.43. The van der Waals surface area contributed by atoms with E-state index in [1.807, 2.05) is 31.2 Å². The molecule has 0 aliphatic carbocycles. The summed E-state index contributed by atoms with van der Waals surface area (Å²) in [6.45, 7) is 1.56. The van der Waals surface area contributed by atoms with Gasteiger partial charge in [-0.1, -0.05) is 71.6 Å². The Kier molecular flexibility index (Phi) is 9.72. The zero-order valence-corrected chi connectivity index (χ0v) is 24.1. The average Bonchev–Trinajstić information content (AvgIpc) is 3.46. The van der Waals surface area contributed by atoms with Gasteiger partial charge in [0.25, 0.3) is 5.91 Å². The number of aromatic nitrogens is 2. The van der Waals surface area contributed by atoms with E-state index in [1.165, 1.54) is 23.1 Å². The first-order chi connectivity index (χ1) is 20.6. The summed E-state index contributed by atoms with van der Waals surface area (Å²) in [5.41, 5.74) is 1.29. The fourth-order valence-corrected chi connectivity index (χ4v) is 6.25. The third kappa shape index (κ3) is 7.04. The average molecular weight is 638 g/mol. The van der Waals surface area contributed by atoms with E-state index < -0.39 is 46.8 Å². The van der Waals surface area contributed by atoms with Gasteiger partial charge in [0.1, 0.15) is 10.6 Å². The van der Waals surface area contributed by atoms with E-state index in [-0.39, 0.29) is 25.4 Å². The second kappa shape index (κ2) is 13.5. The molecular formula is C29H24F5N3O4S2. The van der Waals surface area contributed by atoms with Gasteiger partial charge in [0.15, 0.2) is 33.9 Å². The number of thioether (sulfide) groups is 1. The minimum absolute atomic E-state index is 0.0770. The second-order valence-corrected chi connectivity index (χ2v) is 12.1. The lowest BCUT2D eigenvalue weighted by molar-refractivity contribution is -0.245. The van der Waals surface area contributed by atoms with E-state index >= 15 is 0 Å². The van der Waals surface area contributed by atoms with Crippen LogP contribution in [0.15, 0.2) is 52.9 Å². The predicted molar refractivity (Wildman–Crippen MR) is 148 cm³/mol. The second-order valence-electron chi connectivity index (χ2n) is 9.62. The molecule has 14 heteroatoms. The summed E-state index contributed by atoms with van der Waals surface area (Å²) >= 11 is 3.02. The molecule has 43 heavy (non-hydrogen) atoms. The molecule has 0 spiro atoms. The van der Waals surface area contributed by atoms with Crippen LogP contribution in [0.1, 0.15) is 56.4 Å².